The zero-order valence-electron chi connectivity index (χ0n) is 21.9. The highest BCUT2D eigenvalue weighted by Gasteiger charge is 2.37. The zero-order chi connectivity index (χ0) is 25.7. The summed E-state index contributed by atoms with van der Waals surface area (Å²) < 4.78 is 15.0. The van der Waals surface area contributed by atoms with Crippen molar-refractivity contribution in [2.45, 2.75) is 37.8 Å². The number of phenolic OH excluding ortho intramolecular Hbond substituents is 1. The monoisotopic (exact) mass is 502 g/mol. The summed E-state index contributed by atoms with van der Waals surface area (Å²) in [5.74, 6) is 0.212. The lowest BCUT2D eigenvalue weighted by Crippen LogP contribution is -2.36. The molecule has 4 aliphatic rings. The Bertz CT molecular complexity index is 1660. The SMILES string of the molecule is CN1CCc2cc(-c3cccc4c3-c3cc(F)cc5c3C(C4)N(C)CC5)cc3c2C1Cc1cccc(O)c1-3. The number of aromatic hydroxyl groups is 1. The summed E-state index contributed by atoms with van der Waals surface area (Å²) in [5.41, 5.74) is 14.4. The van der Waals surface area contributed by atoms with E-state index in [0.29, 0.717) is 17.8 Å². The molecule has 4 aromatic rings. The highest BCUT2D eigenvalue weighted by molar-refractivity contribution is 5.92. The van der Waals surface area contributed by atoms with Crippen molar-refractivity contribution >= 4 is 0 Å². The van der Waals surface area contributed by atoms with Crippen molar-refractivity contribution in [3.8, 4) is 39.1 Å². The number of likely N-dealkylation sites (N-methyl/N-ethyl adjacent to an activating group) is 2. The van der Waals surface area contributed by atoms with Crippen LogP contribution in [0.4, 0.5) is 4.39 Å². The fraction of sp³-hybridized carbons (Fsp3) is 0.294. The molecular formula is C34H31FN2O. The van der Waals surface area contributed by atoms with Crippen LogP contribution in [0.15, 0.2) is 60.7 Å². The number of benzene rings is 4. The summed E-state index contributed by atoms with van der Waals surface area (Å²) in [6, 6.07) is 21.3. The maximum absolute atomic E-state index is 15.0. The third kappa shape index (κ3) is 3.08. The van der Waals surface area contributed by atoms with Gasteiger partial charge in [-0.15, -0.1) is 0 Å². The second-order valence-electron chi connectivity index (χ2n) is 11.7. The predicted octanol–water partition coefficient (Wildman–Crippen LogP) is 6.70. The molecule has 2 atom stereocenters. The fourth-order valence-corrected chi connectivity index (χ4v) is 7.83. The van der Waals surface area contributed by atoms with Crippen molar-refractivity contribution < 1.29 is 9.50 Å². The van der Waals surface area contributed by atoms with Gasteiger partial charge in [0.1, 0.15) is 11.6 Å². The number of fused-ring (bicyclic) bond motifs is 4. The Kier molecular flexibility index (Phi) is 4.75. The van der Waals surface area contributed by atoms with Crippen LogP contribution in [0.5, 0.6) is 5.75 Å². The topological polar surface area (TPSA) is 26.7 Å². The first-order valence-corrected chi connectivity index (χ1v) is 13.8. The van der Waals surface area contributed by atoms with Gasteiger partial charge in [-0.2, -0.15) is 0 Å². The van der Waals surface area contributed by atoms with Gasteiger partial charge < -0.3 is 5.11 Å². The third-order valence-corrected chi connectivity index (χ3v) is 9.65. The predicted molar refractivity (Wildman–Crippen MR) is 150 cm³/mol. The Balaban J connectivity index is 1.40. The minimum atomic E-state index is -0.144. The highest BCUT2D eigenvalue weighted by Crippen LogP contribution is 2.52. The Hall–Kier alpha value is -3.47. The van der Waals surface area contributed by atoms with Gasteiger partial charge >= 0.3 is 0 Å². The number of phenols is 1. The molecule has 0 bridgehead atoms. The molecule has 4 heteroatoms. The standard InChI is InChI=1S/C34H31FN2O/c1-36-11-9-21-13-23(15-26-32(21)29(36)17-20-6-4-8-30(38)34(20)26)25-7-3-5-19-16-28-33-22(10-12-37(28)2)14-24(35)18-27(33)31(19)25/h3-8,13-15,18,28-29,38H,9-12,16-17H2,1-2H3. The van der Waals surface area contributed by atoms with E-state index >= 15 is 4.39 Å². The Morgan fingerprint density at radius 3 is 2.00 bits per heavy atom. The Morgan fingerprint density at radius 1 is 0.684 bits per heavy atom. The summed E-state index contributed by atoms with van der Waals surface area (Å²) in [6.07, 6.45) is 3.74. The quantitative estimate of drug-likeness (QED) is 0.314. The molecule has 0 fully saturated rings. The molecule has 4 aromatic carbocycles. The molecule has 0 aromatic heterocycles. The van der Waals surface area contributed by atoms with Crippen molar-refractivity contribution in [2.75, 3.05) is 27.2 Å². The smallest absolute Gasteiger partial charge is 0.124 e. The molecule has 3 nitrogen and oxygen atoms in total. The van der Waals surface area contributed by atoms with E-state index in [9.17, 15) is 5.11 Å². The van der Waals surface area contributed by atoms with Crippen LogP contribution in [0, 0.1) is 5.82 Å². The Labute approximate surface area is 223 Å². The van der Waals surface area contributed by atoms with Crippen LogP contribution in [0.25, 0.3) is 33.4 Å². The second kappa shape index (κ2) is 8.02. The number of rotatable bonds is 1. The van der Waals surface area contributed by atoms with Crippen LogP contribution < -0.4 is 0 Å². The van der Waals surface area contributed by atoms with E-state index in [-0.39, 0.29) is 5.82 Å². The van der Waals surface area contributed by atoms with Crippen LogP contribution in [0.2, 0.25) is 0 Å². The molecule has 0 radical (unpaired) electrons. The summed E-state index contributed by atoms with van der Waals surface area (Å²) in [4.78, 5) is 4.89. The molecule has 2 unspecified atom stereocenters. The first kappa shape index (κ1) is 22.5. The molecule has 0 saturated carbocycles. The summed E-state index contributed by atoms with van der Waals surface area (Å²) in [5, 5.41) is 11.0. The summed E-state index contributed by atoms with van der Waals surface area (Å²) >= 11 is 0. The number of halogens is 1. The average Bonchev–Trinajstić information content (AvgIpc) is 2.91. The lowest BCUT2D eigenvalue weighted by atomic mass is 9.73. The maximum Gasteiger partial charge on any atom is 0.124 e. The van der Waals surface area contributed by atoms with E-state index in [1.54, 1.807) is 12.1 Å². The molecule has 0 spiro atoms. The van der Waals surface area contributed by atoms with E-state index in [2.05, 4.69) is 60.3 Å². The van der Waals surface area contributed by atoms with Gasteiger partial charge in [-0.1, -0.05) is 36.4 Å². The molecule has 8 rings (SSSR count). The van der Waals surface area contributed by atoms with E-state index in [0.717, 1.165) is 66.6 Å². The van der Waals surface area contributed by atoms with Gasteiger partial charge in [0, 0.05) is 30.7 Å². The van der Waals surface area contributed by atoms with Gasteiger partial charge in [-0.05, 0) is 125 Å². The van der Waals surface area contributed by atoms with Gasteiger partial charge in [0.05, 0.1) is 0 Å². The number of hydrogen-bond donors (Lipinski definition) is 1. The second-order valence-corrected chi connectivity index (χ2v) is 11.7. The van der Waals surface area contributed by atoms with Gasteiger partial charge in [-0.25, -0.2) is 4.39 Å². The fourth-order valence-electron chi connectivity index (χ4n) is 7.83. The van der Waals surface area contributed by atoms with Crippen molar-refractivity contribution in [3.05, 3.63) is 99.9 Å². The minimum absolute atomic E-state index is 0.144. The zero-order valence-corrected chi connectivity index (χ0v) is 21.9. The molecule has 1 N–H and O–H groups in total. The van der Waals surface area contributed by atoms with Crippen molar-refractivity contribution in [2.24, 2.45) is 0 Å². The first-order chi connectivity index (χ1) is 18.5. The molecule has 0 saturated heterocycles. The largest absolute Gasteiger partial charge is 0.507 e. The van der Waals surface area contributed by atoms with Gasteiger partial charge in [0.25, 0.3) is 0 Å². The molecule has 0 amide bonds. The van der Waals surface area contributed by atoms with Gasteiger partial charge in [0.2, 0.25) is 0 Å². The molecule has 2 aliphatic carbocycles. The van der Waals surface area contributed by atoms with E-state index in [1.807, 2.05) is 12.1 Å². The van der Waals surface area contributed by atoms with Crippen molar-refractivity contribution in [1.82, 2.24) is 9.80 Å². The molecule has 190 valence electrons. The average molecular weight is 503 g/mol. The Morgan fingerprint density at radius 2 is 1.29 bits per heavy atom. The van der Waals surface area contributed by atoms with Crippen LogP contribution in [-0.2, 0) is 25.7 Å². The number of nitrogens with zero attached hydrogens (tertiary/aromatic N) is 2. The summed E-state index contributed by atoms with van der Waals surface area (Å²) in [6.45, 7) is 1.98. The lowest BCUT2D eigenvalue weighted by molar-refractivity contribution is 0.228. The first-order valence-electron chi connectivity index (χ1n) is 13.8. The van der Waals surface area contributed by atoms with Crippen LogP contribution >= 0.6 is 0 Å². The van der Waals surface area contributed by atoms with Gasteiger partial charge in [-0.3, -0.25) is 9.80 Å². The molecular weight excluding hydrogens is 471 g/mol. The van der Waals surface area contributed by atoms with Crippen molar-refractivity contribution in [1.29, 1.82) is 0 Å². The normalized spacial score (nSPS) is 21.3. The van der Waals surface area contributed by atoms with Gasteiger partial charge in [0.15, 0.2) is 0 Å². The molecule has 38 heavy (non-hydrogen) atoms. The minimum Gasteiger partial charge on any atom is -0.507 e. The highest BCUT2D eigenvalue weighted by atomic mass is 19.1. The van der Waals surface area contributed by atoms with E-state index < -0.39 is 0 Å². The van der Waals surface area contributed by atoms with Crippen molar-refractivity contribution in [3.63, 3.8) is 0 Å². The van der Waals surface area contributed by atoms with Crippen LogP contribution in [-0.4, -0.2) is 42.1 Å². The van der Waals surface area contributed by atoms with E-state index in [1.165, 1.54) is 38.9 Å². The maximum atomic E-state index is 15.0. The molecule has 2 aliphatic heterocycles. The van der Waals surface area contributed by atoms with Crippen LogP contribution in [0.1, 0.15) is 45.5 Å². The van der Waals surface area contributed by atoms with Crippen LogP contribution in [0.3, 0.4) is 0 Å². The van der Waals surface area contributed by atoms with E-state index in [4.69, 9.17) is 0 Å². The third-order valence-electron chi connectivity index (χ3n) is 9.65. The molecule has 2 heterocycles. The summed E-state index contributed by atoms with van der Waals surface area (Å²) in [7, 11) is 4.41. The lowest BCUT2D eigenvalue weighted by Gasteiger charge is -2.41. The number of hydrogen-bond acceptors (Lipinski definition) is 3.